The maximum Gasteiger partial charge on any atom is 0.272 e. The summed E-state index contributed by atoms with van der Waals surface area (Å²) in [6.07, 6.45) is 0. The van der Waals surface area contributed by atoms with Gasteiger partial charge >= 0.3 is 0 Å². The molecular weight excluding hydrogens is 487 g/mol. The van der Waals surface area contributed by atoms with E-state index in [0.717, 1.165) is 0 Å². The Morgan fingerprint density at radius 1 is 1.07 bits per heavy atom. The van der Waals surface area contributed by atoms with E-state index < -0.39 is 22.9 Å². The first-order chi connectivity index (χ1) is 12.9. The monoisotopic (exact) mass is 498 g/mol. The van der Waals surface area contributed by atoms with Gasteiger partial charge in [-0.15, -0.1) is 0 Å². The fourth-order valence-electron chi connectivity index (χ4n) is 2.43. The number of rotatable bonds is 4. The quantitative estimate of drug-likeness (QED) is 0.410. The van der Waals surface area contributed by atoms with E-state index in [1.165, 1.54) is 12.1 Å². The molecule has 138 valence electrons. The zero-order valence-corrected chi connectivity index (χ0v) is 16.5. The van der Waals surface area contributed by atoms with Crippen LogP contribution in [0.2, 0.25) is 5.02 Å². The minimum atomic E-state index is -0.542. The van der Waals surface area contributed by atoms with Gasteiger partial charge in [0.25, 0.3) is 17.0 Å². The maximum absolute atomic E-state index is 12.2. The number of anilines is 1. The first-order valence-corrected chi connectivity index (χ1v) is 9.09. The second-order valence-electron chi connectivity index (χ2n) is 5.50. The third-order valence-electron chi connectivity index (χ3n) is 3.69. The molecule has 0 saturated carbocycles. The summed E-state index contributed by atoms with van der Waals surface area (Å²) in [7, 11) is 0. The normalized spacial score (nSPS) is 10.6. The molecule has 8 nitrogen and oxygen atoms in total. The van der Waals surface area contributed by atoms with Crippen molar-refractivity contribution in [1.82, 2.24) is 15.5 Å². The molecule has 0 saturated heterocycles. The molecule has 0 aliphatic rings. The third-order valence-corrected chi connectivity index (χ3v) is 5.23. The van der Waals surface area contributed by atoms with Crippen LogP contribution in [0.1, 0.15) is 10.4 Å². The number of benzene rings is 2. The molecule has 0 aliphatic carbocycles. The van der Waals surface area contributed by atoms with Gasteiger partial charge in [0.05, 0.1) is 28.0 Å². The summed E-state index contributed by atoms with van der Waals surface area (Å²) in [5.74, 6) is -0.980. The molecule has 27 heavy (non-hydrogen) atoms. The van der Waals surface area contributed by atoms with E-state index in [2.05, 4.69) is 20.8 Å². The number of hydrogen-bond acceptors (Lipinski definition) is 4. The molecule has 0 radical (unpaired) electrons. The van der Waals surface area contributed by atoms with Gasteiger partial charge < -0.3 is 10.6 Å². The van der Waals surface area contributed by atoms with Crippen LogP contribution in [0.15, 0.2) is 46.0 Å². The fourth-order valence-corrected chi connectivity index (χ4v) is 3.06. The molecule has 2 amide bonds. The van der Waals surface area contributed by atoms with Crippen LogP contribution in [0.3, 0.4) is 0 Å². The Hall–Kier alpha value is -2.66. The molecule has 10 heteroatoms. The van der Waals surface area contributed by atoms with Gasteiger partial charge in [0.2, 0.25) is 5.91 Å². The Morgan fingerprint density at radius 2 is 1.81 bits per heavy atom. The topological polar surface area (TPSA) is 124 Å². The largest absolute Gasteiger partial charge is 0.343 e. The molecule has 4 N–H and O–H groups in total. The second-order valence-corrected chi connectivity index (χ2v) is 7.07. The average Bonchev–Trinajstić information content (AvgIpc) is 2.65. The van der Waals surface area contributed by atoms with Gasteiger partial charge in [-0.3, -0.25) is 29.4 Å². The van der Waals surface area contributed by atoms with Crippen molar-refractivity contribution in [3.63, 3.8) is 0 Å². The van der Waals surface area contributed by atoms with Crippen molar-refractivity contribution in [2.75, 3.05) is 11.9 Å². The van der Waals surface area contributed by atoms with Gasteiger partial charge in [-0.1, -0.05) is 17.7 Å². The van der Waals surface area contributed by atoms with E-state index in [0.29, 0.717) is 14.2 Å². The number of H-pyrrole nitrogens is 2. The summed E-state index contributed by atoms with van der Waals surface area (Å²) in [6.45, 7) is -0.310. The number of carbonyl (C=O) groups is 2. The number of hydrogen-bond donors (Lipinski definition) is 4. The molecule has 0 spiro atoms. The molecule has 0 atom stereocenters. The second kappa shape index (κ2) is 7.92. The van der Waals surface area contributed by atoms with Gasteiger partial charge in [0.15, 0.2) is 0 Å². The lowest BCUT2D eigenvalue weighted by molar-refractivity contribution is -0.115. The highest BCUT2D eigenvalue weighted by Gasteiger charge is 2.13. The summed E-state index contributed by atoms with van der Waals surface area (Å²) in [6, 6.07) is 9.27. The van der Waals surface area contributed by atoms with Crippen LogP contribution in [0.4, 0.5) is 5.69 Å². The Morgan fingerprint density at radius 3 is 2.56 bits per heavy atom. The molecule has 2 aromatic carbocycles. The van der Waals surface area contributed by atoms with Crippen LogP contribution in [0, 0.1) is 3.57 Å². The van der Waals surface area contributed by atoms with Crippen molar-refractivity contribution >= 4 is 62.5 Å². The number of fused-ring (bicyclic) bond motifs is 1. The Labute approximate surface area is 170 Å². The lowest BCUT2D eigenvalue weighted by atomic mass is 10.1. The summed E-state index contributed by atoms with van der Waals surface area (Å²) >= 11 is 7.92. The predicted molar refractivity (Wildman–Crippen MR) is 110 cm³/mol. The van der Waals surface area contributed by atoms with Crippen molar-refractivity contribution in [3.05, 3.63) is 71.3 Å². The van der Waals surface area contributed by atoms with Crippen LogP contribution < -0.4 is 21.8 Å². The zero-order chi connectivity index (χ0) is 19.6. The summed E-state index contributed by atoms with van der Waals surface area (Å²) in [5, 5.41) is 10.2. The van der Waals surface area contributed by atoms with E-state index in [1.807, 2.05) is 22.6 Å². The van der Waals surface area contributed by atoms with E-state index >= 15 is 0 Å². The first-order valence-electron chi connectivity index (χ1n) is 7.63. The van der Waals surface area contributed by atoms with Crippen molar-refractivity contribution in [1.29, 1.82) is 0 Å². The van der Waals surface area contributed by atoms with Crippen molar-refractivity contribution in [2.24, 2.45) is 0 Å². The smallest absolute Gasteiger partial charge is 0.272 e. The van der Waals surface area contributed by atoms with Crippen LogP contribution in [0.5, 0.6) is 0 Å². The number of aromatic amines is 2. The third kappa shape index (κ3) is 4.19. The predicted octanol–water partition coefficient (Wildman–Crippen LogP) is 1.84. The number of aromatic nitrogens is 2. The maximum atomic E-state index is 12.2. The van der Waals surface area contributed by atoms with E-state index in [4.69, 9.17) is 11.6 Å². The molecule has 0 unspecified atom stereocenters. The van der Waals surface area contributed by atoms with Crippen molar-refractivity contribution in [3.8, 4) is 0 Å². The van der Waals surface area contributed by atoms with Gasteiger partial charge in [0, 0.05) is 9.13 Å². The Bertz CT molecular complexity index is 1170. The standard InChI is InChI=1S/C17H12ClIN4O4/c18-10-5-4-8(6-11(10)19)15(25)20-7-13(24)21-12-3-1-2-9-14(12)17(27)23-22-16(9)26/h1-6H,7H2,(H,20,25)(H,21,24)(H,22,26)(H,23,27). The minimum absolute atomic E-state index is 0.0631. The Kier molecular flexibility index (Phi) is 5.61. The highest BCUT2D eigenvalue weighted by Crippen LogP contribution is 2.19. The average molecular weight is 499 g/mol. The number of halogens is 2. The molecular formula is C17H12ClIN4O4. The molecule has 0 bridgehead atoms. The van der Waals surface area contributed by atoms with Crippen LogP contribution in [0.25, 0.3) is 10.8 Å². The van der Waals surface area contributed by atoms with E-state index in [9.17, 15) is 19.2 Å². The minimum Gasteiger partial charge on any atom is -0.343 e. The first kappa shape index (κ1) is 19.1. The summed E-state index contributed by atoms with van der Waals surface area (Å²) in [5.41, 5.74) is -0.475. The van der Waals surface area contributed by atoms with Crippen molar-refractivity contribution < 1.29 is 9.59 Å². The molecule has 0 aliphatic heterocycles. The molecule has 1 aromatic heterocycles. The zero-order valence-electron chi connectivity index (χ0n) is 13.6. The number of carbonyl (C=O) groups excluding carboxylic acids is 2. The van der Waals surface area contributed by atoms with E-state index in [1.54, 1.807) is 24.3 Å². The van der Waals surface area contributed by atoms with Gasteiger partial charge in [0.1, 0.15) is 0 Å². The number of nitrogens with one attached hydrogen (secondary N) is 4. The van der Waals surface area contributed by atoms with Gasteiger partial charge in [-0.2, -0.15) is 0 Å². The van der Waals surface area contributed by atoms with Crippen LogP contribution >= 0.6 is 34.2 Å². The highest BCUT2D eigenvalue weighted by atomic mass is 127. The summed E-state index contributed by atoms with van der Waals surface area (Å²) < 4.78 is 0.714. The molecule has 3 rings (SSSR count). The number of amides is 2. The highest BCUT2D eigenvalue weighted by molar-refractivity contribution is 14.1. The SMILES string of the molecule is O=C(CNC(=O)c1ccc(Cl)c(I)c1)Nc1cccc2c(=O)[nH][nH]c(=O)c12. The molecule has 0 fully saturated rings. The molecule has 1 heterocycles. The van der Waals surface area contributed by atoms with Crippen LogP contribution in [-0.4, -0.2) is 28.6 Å². The lowest BCUT2D eigenvalue weighted by Gasteiger charge is -2.09. The fraction of sp³-hybridized carbons (Fsp3) is 0.0588. The van der Waals surface area contributed by atoms with E-state index in [-0.39, 0.29) is 23.0 Å². The Balaban J connectivity index is 1.73. The molecule has 3 aromatic rings. The lowest BCUT2D eigenvalue weighted by Crippen LogP contribution is -2.33. The van der Waals surface area contributed by atoms with Gasteiger partial charge in [-0.25, -0.2) is 0 Å². The summed E-state index contributed by atoms with van der Waals surface area (Å²) in [4.78, 5) is 48.1. The van der Waals surface area contributed by atoms with Crippen LogP contribution in [-0.2, 0) is 4.79 Å². The van der Waals surface area contributed by atoms with Gasteiger partial charge in [-0.05, 0) is 52.9 Å². The van der Waals surface area contributed by atoms with Crippen molar-refractivity contribution in [2.45, 2.75) is 0 Å².